The molecule has 1 aromatic heterocycles. The molecule has 0 aliphatic carbocycles. The van der Waals surface area contributed by atoms with Crippen LogP contribution in [0.15, 0.2) is 18.7 Å². The highest BCUT2D eigenvalue weighted by Gasteiger charge is 2.14. The van der Waals surface area contributed by atoms with Crippen LogP contribution in [0.1, 0.15) is 25.7 Å². The second kappa shape index (κ2) is 10.9. The highest BCUT2D eigenvalue weighted by atomic mass is 35.5. The second-order valence-corrected chi connectivity index (χ2v) is 4.88. The summed E-state index contributed by atoms with van der Waals surface area (Å²) in [7, 11) is 0. The van der Waals surface area contributed by atoms with Crippen molar-refractivity contribution in [2.24, 2.45) is 5.92 Å². The molecule has 1 aliphatic rings. The Morgan fingerprint density at radius 3 is 2.75 bits per heavy atom. The SMILES string of the molecule is Cl.Cl.O=C(CCC1CCNCC1)NCCn1ccnc1. The highest BCUT2D eigenvalue weighted by molar-refractivity contribution is 5.85. The second-order valence-electron chi connectivity index (χ2n) is 4.88. The van der Waals surface area contributed by atoms with E-state index in [0.29, 0.717) is 13.0 Å². The number of amides is 1. The maximum atomic E-state index is 11.7. The Morgan fingerprint density at radius 2 is 2.10 bits per heavy atom. The van der Waals surface area contributed by atoms with E-state index in [-0.39, 0.29) is 30.7 Å². The molecular formula is C13H24Cl2N4O. The van der Waals surface area contributed by atoms with E-state index in [1.54, 1.807) is 12.5 Å². The molecule has 5 nitrogen and oxygen atoms in total. The van der Waals surface area contributed by atoms with Gasteiger partial charge in [0.05, 0.1) is 6.33 Å². The fraction of sp³-hybridized carbons (Fsp3) is 0.692. The van der Waals surface area contributed by atoms with Crippen LogP contribution in [0.2, 0.25) is 0 Å². The van der Waals surface area contributed by atoms with Gasteiger partial charge in [0.2, 0.25) is 5.91 Å². The Morgan fingerprint density at radius 1 is 1.35 bits per heavy atom. The third-order valence-corrected chi connectivity index (χ3v) is 3.49. The number of hydrogen-bond acceptors (Lipinski definition) is 3. The van der Waals surface area contributed by atoms with Crippen molar-refractivity contribution in [3.05, 3.63) is 18.7 Å². The van der Waals surface area contributed by atoms with Crippen molar-refractivity contribution in [3.63, 3.8) is 0 Å². The smallest absolute Gasteiger partial charge is 0.220 e. The highest BCUT2D eigenvalue weighted by Crippen LogP contribution is 2.17. The van der Waals surface area contributed by atoms with Gasteiger partial charge >= 0.3 is 0 Å². The lowest BCUT2D eigenvalue weighted by Crippen LogP contribution is -2.30. The number of carbonyl (C=O) groups excluding carboxylic acids is 1. The quantitative estimate of drug-likeness (QED) is 0.836. The molecule has 1 fully saturated rings. The largest absolute Gasteiger partial charge is 0.354 e. The predicted molar refractivity (Wildman–Crippen MR) is 84.6 cm³/mol. The Kier molecular flexibility index (Phi) is 10.5. The standard InChI is InChI=1S/C13H22N4O.2ClH/c18-13(2-1-12-3-5-14-6-4-12)16-8-10-17-9-7-15-11-17;;/h7,9,11-12,14H,1-6,8,10H2,(H,16,18);2*1H. The zero-order valence-corrected chi connectivity index (χ0v) is 13.2. The van der Waals surface area contributed by atoms with Gasteiger partial charge < -0.3 is 15.2 Å². The molecule has 2 heterocycles. The normalized spacial score (nSPS) is 15.0. The molecule has 1 amide bonds. The minimum atomic E-state index is 0. The summed E-state index contributed by atoms with van der Waals surface area (Å²) in [5.74, 6) is 0.902. The van der Waals surface area contributed by atoms with Gasteiger partial charge in [0.15, 0.2) is 0 Å². The molecule has 0 bridgehead atoms. The lowest BCUT2D eigenvalue weighted by Gasteiger charge is -2.22. The molecule has 1 saturated heterocycles. The summed E-state index contributed by atoms with van der Waals surface area (Å²) in [5, 5.41) is 6.30. The number of rotatable bonds is 6. The topological polar surface area (TPSA) is 59.0 Å². The number of halogens is 2. The average molecular weight is 323 g/mol. The number of piperidine rings is 1. The van der Waals surface area contributed by atoms with Crippen LogP contribution in [0.4, 0.5) is 0 Å². The number of carbonyl (C=O) groups is 1. The first kappa shape index (κ1) is 19.2. The number of nitrogens with one attached hydrogen (secondary N) is 2. The molecular weight excluding hydrogens is 299 g/mol. The van der Waals surface area contributed by atoms with E-state index in [1.165, 1.54) is 12.8 Å². The van der Waals surface area contributed by atoms with Crippen LogP contribution in [0.3, 0.4) is 0 Å². The first-order valence-electron chi connectivity index (χ1n) is 6.78. The van der Waals surface area contributed by atoms with Gasteiger partial charge in [0, 0.05) is 31.9 Å². The van der Waals surface area contributed by atoms with Crippen LogP contribution < -0.4 is 10.6 Å². The van der Waals surface area contributed by atoms with E-state index in [1.807, 2.05) is 10.8 Å². The molecule has 0 aromatic carbocycles. The molecule has 2 N–H and O–H groups in total. The van der Waals surface area contributed by atoms with Crippen molar-refractivity contribution in [1.82, 2.24) is 20.2 Å². The minimum absolute atomic E-state index is 0. The molecule has 0 spiro atoms. The van der Waals surface area contributed by atoms with Gasteiger partial charge in [-0.1, -0.05) is 0 Å². The average Bonchev–Trinajstić information content (AvgIpc) is 2.91. The van der Waals surface area contributed by atoms with E-state index in [4.69, 9.17) is 0 Å². The monoisotopic (exact) mass is 322 g/mol. The maximum absolute atomic E-state index is 11.7. The van der Waals surface area contributed by atoms with E-state index in [9.17, 15) is 4.79 Å². The van der Waals surface area contributed by atoms with Crippen molar-refractivity contribution >= 4 is 30.7 Å². The molecule has 1 aliphatic heterocycles. The number of hydrogen-bond donors (Lipinski definition) is 2. The summed E-state index contributed by atoms with van der Waals surface area (Å²) in [6, 6.07) is 0. The molecule has 0 radical (unpaired) electrons. The third kappa shape index (κ3) is 7.12. The van der Waals surface area contributed by atoms with E-state index in [0.717, 1.165) is 32.0 Å². The van der Waals surface area contributed by atoms with Gasteiger partial charge in [-0.05, 0) is 38.3 Å². The lowest BCUT2D eigenvalue weighted by atomic mass is 9.93. The van der Waals surface area contributed by atoms with Gasteiger partial charge in [-0.2, -0.15) is 0 Å². The maximum Gasteiger partial charge on any atom is 0.220 e. The van der Waals surface area contributed by atoms with Crippen molar-refractivity contribution in [3.8, 4) is 0 Å². The Bertz CT molecular complexity index is 353. The summed E-state index contributed by atoms with van der Waals surface area (Å²) in [6.07, 6.45) is 9.53. The zero-order chi connectivity index (χ0) is 12.6. The Hall–Kier alpha value is -0.780. The fourth-order valence-corrected chi connectivity index (χ4v) is 2.34. The van der Waals surface area contributed by atoms with Crippen molar-refractivity contribution in [1.29, 1.82) is 0 Å². The van der Waals surface area contributed by atoms with Crippen LogP contribution in [0.25, 0.3) is 0 Å². The molecule has 0 saturated carbocycles. The van der Waals surface area contributed by atoms with E-state index < -0.39 is 0 Å². The number of aromatic nitrogens is 2. The Balaban J connectivity index is 0.00000180. The molecule has 116 valence electrons. The fourth-order valence-electron chi connectivity index (χ4n) is 2.34. The van der Waals surface area contributed by atoms with E-state index in [2.05, 4.69) is 15.6 Å². The van der Waals surface area contributed by atoms with Crippen LogP contribution in [0.5, 0.6) is 0 Å². The lowest BCUT2D eigenvalue weighted by molar-refractivity contribution is -0.121. The summed E-state index contributed by atoms with van der Waals surface area (Å²) >= 11 is 0. The van der Waals surface area contributed by atoms with Gasteiger partial charge in [0.1, 0.15) is 0 Å². The van der Waals surface area contributed by atoms with Crippen LogP contribution in [-0.4, -0.2) is 35.1 Å². The molecule has 1 aromatic rings. The zero-order valence-electron chi connectivity index (χ0n) is 11.6. The molecule has 20 heavy (non-hydrogen) atoms. The summed E-state index contributed by atoms with van der Waals surface area (Å²) < 4.78 is 1.97. The first-order chi connectivity index (χ1) is 8.84. The van der Waals surface area contributed by atoms with Gasteiger partial charge in [-0.25, -0.2) is 4.98 Å². The van der Waals surface area contributed by atoms with Crippen LogP contribution in [-0.2, 0) is 11.3 Å². The number of imidazole rings is 1. The summed E-state index contributed by atoms with van der Waals surface area (Å²) in [4.78, 5) is 15.6. The molecule has 0 atom stereocenters. The molecule has 2 rings (SSSR count). The Labute approximate surface area is 132 Å². The molecule has 0 unspecified atom stereocenters. The van der Waals surface area contributed by atoms with Crippen molar-refractivity contribution in [2.45, 2.75) is 32.2 Å². The van der Waals surface area contributed by atoms with Crippen LogP contribution >= 0.6 is 24.8 Å². The first-order valence-corrected chi connectivity index (χ1v) is 6.78. The van der Waals surface area contributed by atoms with Gasteiger partial charge in [0.25, 0.3) is 0 Å². The van der Waals surface area contributed by atoms with Gasteiger partial charge in [-0.3, -0.25) is 4.79 Å². The summed E-state index contributed by atoms with van der Waals surface area (Å²) in [5.41, 5.74) is 0. The number of nitrogens with zero attached hydrogens (tertiary/aromatic N) is 2. The van der Waals surface area contributed by atoms with Crippen molar-refractivity contribution in [2.75, 3.05) is 19.6 Å². The van der Waals surface area contributed by atoms with Crippen molar-refractivity contribution < 1.29 is 4.79 Å². The minimum Gasteiger partial charge on any atom is -0.354 e. The predicted octanol–water partition coefficient (Wildman–Crippen LogP) is 1.62. The van der Waals surface area contributed by atoms with Crippen LogP contribution in [0, 0.1) is 5.92 Å². The van der Waals surface area contributed by atoms with E-state index >= 15 is 0 Å². The third-order valence-electron chi connectivity index (χ3n) is 3.49. The van der Waals surface area contributed by atoms with Gasteiger partial charge in [-0.15, -0.1) is 24.8 Å². The molecule has 7 heteroatoms. The summed E-state index contributed by atoms with van der Waals surface area (Å²) in [6.45, 7) is 3.68.